The molecule has 0 saturated heterocycles. The van der Waals surface area contributed by atoms with Gasteiger partial charge in [0.1, 0.15) is 5.75 Å². The zero-order chi connectivity index (χ0) is 15.8. The maximum Gasteiger partial charge on any atom is 0.115 e. The van der Waals surface area contributed by atoms with Crippen LogP contribution >= 0.6 is 0 Å². The van der Waals surface area contributed by atoms with E-state index < -0.39 is 0 Å². The lowest BCUT2D eigenvalue weighted by molar-refractivity contribution is 0.475. The summed E-state index contributed by atoms with van der Waals surface area (Å²) in [6.45, 7) is 2.16. The Morgan fingerprint density at radius 2 is 1.52 bits per heavy atom. The summed E-state index contributed by atoms with van der Waals surface area (Å²) in [6, 6.07) is 24.8. The summed E-state index contributed by atoms with van der Waals surface area (Å²) in [5, 5.41) is 9.85. The lowest BCUT2D eigenvalue weighted by Gasteiger charge is -2.12. The minimum Gasteiger partial charge on any atom is -0.508 e. The highest BCUT2D eigenvalue weighted by Gasteiger charge is 2.24. The summed E-state index contributed by atoms with van der Waals surface area (Å²) in [5.74, 6) is 0.335. The van der Waals surface area contributed by atoms with Crippen LogP contribution in [-0.4, -0.2) is 5.11 Å². The zero-order valence-corrected chi connectivity index (χ0v) is 13.1. The number of aryl methyl sites for hydroxylation is 1. The number of benzene rings is 3. The topological polar surface area (TPSA) is 20.2 Å². The quantitative estimate of drug-likeness (QED) is 0.688. The number of hydrogen-bond donors (Lipinski definition) is 1. The molecule has 0 aromatic heterocycles. The number of fused-ring (bicyclic) bond motifs is 1. The molecule has 0 radical (unpaired) electrons. The third-order valence-electron chi connectivity index (χ3n) is 4.56. The lowest BCUT2D eigenvalue weighted by atomic mass is 9.92. The standard InChI is InChI=1S/C22H18O/c1-15-7-5-6-10-19(15)22-20-12-11-18(23)13-17(20)14-21(22)16-8-3-2-4-9-16/h2-13,23H,14H2,1H3. The van der Waals surface area contributed by atoms with Crippen LogP contribution in [0.5, 0.6) is 5.75 Å². The first kappa shape index (κ1) is 13.8. The molecule has 4 rings (SSSR count). The Morgan fingerprint density at radius 3 is 2.30 bits per heavy atom. The van der Waals surface area contributed by atoms with Gasteiger partial charge in [-0.25, -0.2) is 0 Å². The highest BCUT2D eigenvalue weighted by Crippen LogP contribution is 2.43. The van der Waals surface area contributed by atoms with Crippen molar-refractivity contribution in [2.24, 2.45) is 0 Å². The molecule has 0 atom stereocenters. The van der Waals surface area contributed by atoms with Gasteiger partial charge in [0.15, 0.2) is 0 Å². The lowest BCUT2D eigenvalue weighted by Crippen LogP contribution is -1.92. The Kier molecular flexibility index (Phi) is 3.27. The van der Waals surface area contributed by atoms with Crippen LogP contribution in [0, 0.1) is 6.92 Å². The molecule has 1 aliphatic carbocycles. The fourth-order valence-electron chi connectivity index (χ4n) is 3.46. The molecule has 1 heteroatoms. The largest absolute Gasteiger partial charge is 0.508 e. The molecule has 3 aromatic rings. The third kappa shape index (κ3) is 2.35. The van der Waals surface area contributed by atoms with Crippen LogP contribution in [0.2, 0.25) is 0 Å². The van der Waals surface area contributed by atoms with Crippen molar-refractivity contribution in [2.45, 2.75) is 13.3 Å². The minimum atomic E-state index is 0.335. The van der Waals surface area contributed by atoms with Gasteiger partial charge >= 0.3 is 0 Å². The van der Waals surface area contributed by atoms with Crippen LogP contribution in [0.4, 0.5) is 0 Å². The van der Waals surface area contributed by atoms with Gasteiger partial charge in [-0.2, -0.15) is 0 Å². The molecule has 0 bridgehead atoms. The van der Waals surface area contributed by atoms with Gasteiger partial charge in [-0.05, 0) is 64.4 Å². The van der Waals surface area contributed by atoms with Crippen LogP contribution in [-0.2, 0) is 6.42 Å². The first-order chi connectivity index (χ1) is 11.2. The molecule has 1 aliphatic rings. The Labute approximate surface area is 136 Å². The van der Waals surface area contributed by atoms with Crippen molar-refractivity contribution in [3.63, 3.8) is 0 Å². The first-order valence-electron chi connectivity index (χ1n) is 7.91. The molecule has 0 fully saturated rings. The maximum absolute atomic E-state index is 9.85. The van der Waals surface area contributed by atoms with Crippen molar-refractivity contribution in [1.82, 2.24) is 0 Å². The van der Waals surface area contributed by atoms with E-state index in [2.05, 4.69) is 55.5 Å². The van der Waals surface area contributed by atoms with Gasteiger partial charge in [-0.1, -0.05) is 60.7 Å². The van der Waals surface area contributed by atoms with E-state index in [0.29, 0.717) is 5.75 Å². The predicted molar refractivity (Wildman–Crippen MR) is 95.3 cm³/mol. The summed E-state index contributed by atoms with van der Waals surface area (Å²) in [7, 11) is 0. The molecule has 23 heavy (non-hydrogen) atoms. The van der Waals surface area contributed by atoms with Crippen LogP contribution in [0.3, 0.4) is 0 Å². The third-order valence-corrected chi connectivity index (χ3v) is 4.56. The second kappa shape index (κ2) is 5.44. The molecule has 0 unspecified atom stereocenters. The van der Waals surface area contributed by atoms with Crippen LogP contribution in [0.1, 0.15) is 27.8 Å². The van der Waals surface area contributed by atoms with Crippen molar-refractivity contribution < 1.29 is 5.11 Å². The van der Waals surface area contributed by atoms with Crippen molar-refractivity contribution in [3.8, 4) is 5.75 Å². The Hall–Kier alpha value is -2.80. The second-order valence-electron chi connectivity index (χ2n) is 6.05. The number of phenols is 1. The predicted octanol–water partition coefficient (Wildman–Crippen LogP) is 5.22. The minimum absolute atomic E-state index is 0.335. The first-order valence-corrected chi connectivity index (χ1v) is 7.91. The molecular formula is C22H18O. The van der Waals surface area contributed by atoms with Crippen LogP contribution < -0.4 is 0 Å². The summed E-state index contributed by atoms with van der Waals surface area (Å²) in [6.07, 6.45) is 0.859. The van der Waals surface area contributed by atoms with Crippen LogP contribution in [0.25, 0.3) is 11.1 Å². The fourth-order valence-corrected chi connectivity index (χ4v) is 3.46. The van der Waals surface area contributed by atoms with Crippen molar-refractivity contribution in [3.05, 3.63) is 101 Å². The molecular weight excluding hydrogens is 280 g/mol. The molecule has 0 aliphatic heterocycles. The number of hydrogen-bond acceptors (Lipinski definition) is 1. The van der Waals surface area contributed by atoms with E-state index >= 15 is 0 Å². The summed E-state index contributed by atoms with van der Waals surface area (Å²) in [4.78, 5) is 0. The molecule has 1 nitrogen and oxygen atoms in total. The van der Waals surface area contributed by atoms with E-state index in [9.17, 15) is 5.11 Å². The Bertz CT molecular complexity index is 904. The van der Waals surface area contributed by atoms with Crippen LogP contribution in [0.15, 0.2) is 72.8 Å². The fraction of sp³-hybridized carbons (Fsp3) is 0.0909. The van der Waals surface area contributed by atoms with E-state index in [1.807, 2.05) is 18.2 Å². The molecule has 0 saturated carbocycles. The van der Waals surface area contributed by atoms with Crippen molar-refractivity contribution in [1.29, 1.82) is 0 Å². The van der Waals surface area contributed by atoms with Gasteiger partial charge in [0.05, 0.1) is 0 Å². The van der Waals surface area contributed by atoms with E-state index in [0.717, 1.165) is 6.42 Å². The number of phenolic OH excluding ortho intramolecular Hbond substituents is 1. The summed E-state index contributed by atoms with van der Waals surface area (Å²) in [5.41, 5.74) is 8.86. The molecule has 3 aromatic carbocycles. The van der Waals surface area contributed by atoms with Gasteiger partial charge in [-0.3, -0.25) is 0 Å². The number of rotatable bonds is 2. The smallest absolute Gasteiger partial charge is 0.115 e. The SMILES string of the molecule is Cc1ccccc1C1=C(c2ccccc2)Cc2cc(O)ccc21. The molecule has 0 amide bonds. The maximum atomic E-state index is 9.85. The second-order valence-corrected chi connectivity index (χ2v) is 6.05. The zero-order valence-electron chi connectivity index (χ0n) is 13.1. The number of aromatic hydroxyl groups is 1. The highest BCUT2D eigenvalue weighted by molar-refractivity contribution is 6.04. The Morgan fingerprint density at radius 1 is 0.783 bits per heavy atom. The Balaban J connectivity index is 2.00. The molecule has 112 valence electrons. The summed E-state index contributed by atoms with van der Waals surface area (Å²) >= 11 is 0. The van der Waals surface area contributed by atoms with E-state index in [1.54, 1.807) is 6.07 Å². The molecule has 0 heterocycles. The molecule has 1 N–H and O–H groups in total. The van der Waals surface area contributed by atoms with Gasteiger partial charge in [0.25, 0.3) is 0 Å². The average molecular weight is 298 g/mol. The van der Waals surface area contributed by atoms with Gasteiger partial charge < -0.3 is 5.11 Å². The monoisotopic (exact) mass is 298 g/mol. The normalized spacial score (nSPS) is 13.3. The number of allylic oxidation sites excluding steroid dienone is 1. The van der Waals surface area contributed by atoms with Crippen molar-refractivity contribution >= 4 is 11.1 Å². The van der Waals surface area contributed by atoms with E-state index in [1.165, 1.54) is 39.0 Å². The van der Waals surface area contributed by atoms with E-state index in [4.69, 9.17) is 0 Å². The van der Waals surface area contributed by atoms with Gasteiger partial charge in [-0.15, -0.1) is 0 Å². The summed E-state index contributed by atoms with van der Waals surface area (Å²) < 4.78 is 0. The van der Waals surface area contributed by atoms with Crippen molar-refractivity contribution in [2.75, 3.05) is 0 Å². The molecule has 0 spiro atoms. The average Bonchev–Trinajstić information content (AvgIpc) is 2.94. The van der Waals surface area contributed by atoms with Gasteiger partial charge in [0, 0.05) is 0 Å². The van der Waals surface area contributed by atoms with Gasteiger partial charge in [0.2, 0.25) is 0 Å². The van der Waals surface area contributed by atoms with E-state index in [-0.39, 0.29) is 0 Å². The highest BCUT2D eigenvalue weighted by atomic mass is 16.3.